The van der Waals surface area contributed by atoms with Crippen molar-refractivity contribution in [1.82, 2.24) is 0 Å². The zero-order valence-electron chi connectivity index (χ0n) is 17.7. The van der Waals surface area contributed by atoms with E-state index < -0.39 is 0 Å². The molecule has 0 heterocycles. The molecule has 3 rings (SSSR count). The van der Waals surface area contributed by atoms with Crippen molar-refractivity contribution in [3.63, 3.8) is 0 Å². The van der Waals surface area contributed by atoms with Gasteiger partial charge in [-0.3, -0.25) is 8.78 Å². The zero-order chi connectivity index (χ0) is 18.9. The second kappa shape index (κ2) is 11.8. The molecule has 0 aromatic rings. The minimum absolute atomic E-state index is 0.122. The van der Waals surface area contributed by atoms with E-state index in [1.165, 1.54) is 83.5 Å². The van der Waals surface area contributed by atoms with Gasteiger partial charge in [0.05, 0.1) is 13.3 Å². The molecule has 0 N–H and O–H groups in total. The molecule has 0 spiro atoms. The molecule has 0 atom stereocenters. The minimum Gasteiger partial charge on any atom is -0.251 e. The van der Waals surface area contributed by atoms with Gasteiger partial charge >= 0.3 is 0 Å². The molecule has 27 heavy (non-hydrogen) atoms. The van der Waals surface area contributed by atoms with E-state index in [2.05, 4.69) is 0 Å². The first-order valence-corrected chi connectivity index (χ1v) is 12.4. The van der Waals surface area contributed by atoms with E-state index in [9.17, 15) is 8.78 Å². The van der Waals surface area contributed by atoms with Crippen LogP contribution in [0.25, 0.3) is 0 Å². The maximum Gasteiger partial charge on any atom is 0.0894 e. The number of hydrogen-bond donors (Lipinski definition) is 0. The monoisotopic (exact) mass is 382 g/mol. The topological polar surface area (TPSA) is 0 Å². The van der Waals surface area contributed by atoms with Crippen molar-refractivity contribution in [2.45, 2.75) is 109 Å². The maximum absolute atomic E-state index is 12.4. The highest BCUT2D eigenvalue weighted by molar-refractivity contribution is 4.85. The number of halogens is 2. The molecule has 3 fully saturated rings. The molecule has 3 aliphatic rings. The van der Waals surface area contributed by atoms with Gasteiger partial charge in [-0.1, -0.05) is 38.5 Å². The Morgan fingerprint density at radius 2 is 0.741 bits per heavy atom. The Morgan fingerprint density at radius 1 is 0.407 bits per heavy atom. The summed E-state index contributed by atoms with van der Waals surface area (Å²) in [5.74, 6) is 5.72. The fourth-order valence-electron chi connectivity index (χ4n) is 6.88. The quantitative estimate of drug-likeness (QED) is 0.352. The van der Waals surface area contributed by atoms with Crippen molar-refractivity contribution in [2.24, 2.45) is 35.5 Å². The lowest BCUT2D eigenvalue weighted by Crippen LogP contribution is -2.29. The average molecular weight is 383 g/mol. The highest BCUT2D eigenvalue weighted by atomic mass is 19.1. The summed E-state index contributed by atoms with van der Waals surface area (Å²) in [5, 5.41) is 0. The summed E-state index contributed by atoms with van der Waals surface area (Å²) in [7, 11) is 0. The van der Waals surface area contributed by atoms with Crippen LogP contribution in [0.2, 0.25) is 0 Å². The van der Waals surface area contributed by atoms with Gasteiger partial charge in [-0.15, -0.1) is 0 Å². The predicted molar refractivity (Wildman–Crippen MR) is 111 cm³/mol. The lowest BCUT2D eigenvalue weighted by atomic mass is 9.64. The summed E-state index contributed by atoms with van der Waals surface area (Å²) in [5.41, 5.74) is 0. The molecule has 0 unspecified atom stereocenters. The van der Waals surface area contributed by atoms with Crippen molar-refractivity contribution in [3.8, 4) is 0 Å². The lowest BCUT2D eigenvalue weighted by molar-refractivity contribution is 0.102. The van der Waals surface area contributed by atoms with Crippen LogP contribution in [-0.2, 0) is 0 Å². The first-order chi connectivity index (χ1) is 13.3. The van der Waals surface area contributed by atoms with Gasteiger partial charge in [0, 0.05) is 0 Å². The molecule has 2 heteroatoms. The van der Waals surface area contributed by atoms with Gasteiger partial charge in [0.15, 0.2) is 0 Å². The van der Waals surface area contributed by atoms with Crippen molar-refractivity contribution >= 4 is 0 Å². The normalized spacial score (nSPS) is 38.0. The summed E-state index contributed by atoms with van der Waals surface area (Å²) >= 11 is 0. The second-order valence-corrected chi connectivity index (χ2v) is 10.3. The Hall–Kier alpha value is -0.140. The standard InChI is InChI=1S/C25H44F2/c26-18-2-1-4-20-6-10-22(11-7-20)24-14-16-25(17-15-24)23-12-8-21(9-13-23)5-3-19-27/h20-25H,1-19H2. The average Bonchev–Trinajstić information content (AvgIpc) is 2.73. The van der Waals surface area contributed by atoms with Gasteiger partial charge < -0.3 is 0 Å². The van der Waals surface area contributed by atoms with Crippen molar-refractivity contribution < 1.29 is 8.78 Å². The molecule has 0 bridgehead atoms. The van der Waals surface area contributed by atoms with Gasteiger partial charge in [-0.05, 0) is 106 Å². The zero-order valence-corrected chi connectivity index (χ0v) is 17.7. The van der Waals surface area contributed by atoms with E-state index in [4.69, 9.17) is 0 Å². The van der Waals surface area contributed by atoms with Gasteiger partial charge in [-0.2, -0.15) is 0 Å². The van der Waals surface area contributed by atoms with Crippen LogP contribution < -0.4 is 0 Å². The smallest absolute Gasteiger partial charge is 0.0894 e. The molecule has 0 radical (unpaired) electrons. The van der Waals surface area contributed by atoms with Crippen LogP contribution in [0.3, 0.4) is 0 Å². The number of unbranched alkanes of at least 4 members (excludes halogenated alkanes) is 1. The van der Waals surface area contributed by atoms with Crippen molar-refractivity contribution in [1.29, 1.82) is 0 Å². The Bertz CT molecular complexity index is 372. The largest absolute Gasteiger partial charge is 0.251 e. The van der Waals surface area contributed by atoms with Crippen LogP contribution >= 0.6 is 0 Å². The summed E-state index contributed by atoms with van der Waals surface area (Å²) < 4.78 is 24.7. The van der Waals surface area contributed by atoms with Crippen molar-refractivity contribution in [2.75, 3.05) is 13.3 Å². The third-order valence-electron chi connectivity index (χ3n) is 8.67. The highest BCUT2D eigenvalue weighted by Gasteiger charge is 2.34. The second-order valence-electron chi connectivity index (χ2n) is 10.3. The molecule has 3 saturated carbocycles. The van der Waals surface area contributed by atoms with E-state index in [1.807, 2.05) is 0 Å². The third-order valence-corrected chi connectivity index (χ3v) is 8.67. The number of hydrogen-bond acceptors (Lipinski definition) is 0. The predicted octanol–water partition coefficient (Wildman–Crippen LogP) is 8.30. The molecule has 0 saturated heterocycles. The minimum atomic E-state index is -0.127. The summed E-state index contributed by atoms with van der Waals surface area (Å²) in [6.45, 7) is -0.249. The van der Waals surface area contributed by atoms with E-state index in [0.29, 0.717) is 0 Å². The molecule has 0 nitrogen and oxygen atoms in total. The summed E-state index contributed by atoms with van der Waals surface area (Å²) in [6, 6.07) is 0. The van der Waals surface area contributed by atoms with Crippen LogP contribution in [0.4, 0.5) is 8.78 Å². The molecular weight excluding hydrogens is 338 g/mol. The van der Waals surface area contributed by atoms with Gasteiger partial charge in [0.25, 0.3) is 0 Å². The fourth-order valence-corrected chi connectivity index (χ4v) is 6.88. The van der Waals surface area contributed by atoms with Gasteiger partial charge in [0.1, 0.15) is 0 Å². The molecule has 0 aromatic carbocycles. The molecule has 0 aromatic heterocycles. The third kappa shape index (κ3) is 6.70. The van der Waals surface area contributed by atoms with Crippen molar-refractivity contribution in [3.05, 3.63) is 0 Å². The van der Waals surface area contributed by atoms with Crippen LogP contribution in [0, 0.1) is 35.5 Å². The van der Waals surface area contributed by atoms with Gasteiger partial charge in [-0.25, -0.2) is 0 Å². The lowest BCUT2D eigenvalue weighted by Gasteiger charge is -2.41. The fraction of sp³-hybridized carbons (Fsp3) is 1.00. The Labute approximate surface area is 167 Å². The Kier molecular flexibility index (Phi) is 9.40. The van der Waals surface area contributed by atoms with Crippen LogP contribution in [-0.4, -0.2) is 13.3 Å². The Morgan fingerprint density at radius 3 is 1.11 bits per heavy atom. The van der Waals surface area contributed by atoms with Crippen LogP contribution in [0.15, 0.2) is 0 Å². The molecule has 0 aliphatic heterocycles. The van der Waals surface area contributed by atoms with E-state index >= 15 is 0 Å². The first kappa shape index (κ1) is 21.6. The van der Waals surface area contributed by atoms with E-state index in [-0.39, 0.29) is 13.3 Å². The summed E-state index contributed by atoms with van der Waals surface area (Å²) in [6.07, 6.45) is 22.4. The van der Waals surface area contributed by atoms with E-state index in [1.54, 1.807) is 0 Å². The number of rotatable bonds is 9. The van der Waals surface area contributed by atoms with Crippen LogP contribution in [0.5, 0.6) is 0 Å². The number of alkyl halides is 2. The Balaban J connectivity index is 1.31. The molecule has 3 aliphatic carbocycles. The summed E-state index contributed by atoms with van der Waals surface area (Å²) in [4.78, 5) is 0. The molecule has 0 amide bonds. The molecule has 158 valence electrons. The first-order valence-electron chi connectivity index (χ1n) is 12.4. The van der Waals surface area contributed by atoms with E-state index in [0.717, 1.165) is 61.2 Å². The molecular formula is C25H44F2. The van der Waals surface area contributed by atoms with Crippen LogP contribution in [0.1, 0.15) is 109 Å². The maximum atomic E-state index is 12.4. The highest BCUT2D eigenvalue weighted by Crippen LogP contribution is 2.46. The SMILES string of the molecule is FCCCCC1CCC(C2CCC(C3CCC(CCCF)CC3)CC2)CC1. The van der Waals surface area contributed by atoms with Gasteiger partial charge in [0.2, 0.25) is 0 Å².